The molecule has 0 saturated heterocycles. The molecule has 7 nitrogen and oxygen atoms in total. The minimum atomic E-state index is -4.75. The molecule has 3 rings (SSSR count). The molecule has 2 aromatic heterocycles. The molecule has 11 heteroatoms. The van der Waals surface area contributed by atoms with Crippen LogP contribution in [0, 0.1) is 0 Å². The van der Waals surface area contributed by atoms with Crippen LogP contribution < -0.4 is 0 Å². The van der Waals surface area contributed by atoms with Gasteiger partial charge in [0, 0.05) is 11.8 Å². The van der Waals surface area contributed by atoms with E-state index in [1.165, 1.54) is 0 Å². The monoisotopic (exact) mass is 369 g/mol. The van der Waals surface area contributed by atoms with Gasteiger partial charge in [-0.05, 0) is 0 Å². The van der Waals surface area contributed by atoms with E-state index in [1.807, 2.05) is 0 Å². The summed E-state index contributed by atoms with van der Waals surface area (Å²) in [5.41, 5.74) is 0.376. The number of benzene rings is 1. The maximum Gasteiger partial charge on any atom is 0.453 e. The number of sulfone groups is 1. The lowest BCUT2D eigenvalue weighted by Gasteiger charge is -2.04. The molecule has 0 atom stereocenters. The van der Waals surface area contributed by atoms with Crippen molar-refractivity contribution in [1.82, 2.24) is 24.7 Å². The Morgan fingerprint density at radius 2 is 1.64 bits per heavy atom. The van der Waals surface area contributed by atoms with Gasteiger partial charge in [-0.25, -0.2) is 23.4 Å². The predicted molar refractivity (Wildman–Crippen MR) is 80.5 cm³/mol. The van der Waals surface area contributed by atoms with E-state index in [9.17, 15) is 21.6 Å². The summed E-state index contributed by atoms with van der Waals surface area (Å²) < 4.78 is 62.6. The van der Waals surface area contributed by atoms with E-state index in [2.05, 4.69) is 20.1 Å². The van der Waals surface area contributed by atoms with Crippen molar-refractivity contribution >= 4 is 9.84 Å². The number of hydrogen-bond acceptors (Lipinski definition) is 6. The van der Waals surface area contributed by atoms with E-state index in [0.29, 0.717) is 5.56 Å². The molecule has 0 aliphatic heterocycles. The molecule has 0 aliphatic rings. The van der Waals surface area contributed by atoms with Crippen LogP contribution in [0.25, 0.3) is 17.3 Å². The van der Waals surface area contributed by atoms with Crippen LogP contribution in [0.1, 0.15) is 5.82 Å². The minimum absolute atomic E-state index is 0.111. The first-order valence-corrected chi connectivity index (χ1v) is 8.67. The summed E-state index contributed by atoms with van der Waals surface area (Å²) in [5, 5.41) is 3.43. The van der Waals surface area contributed by atoms with Crippen LogP contribution in [-0.4, -0.2) is 39.4 Å². The molecule has 0 N–H and O–H groups in total. The average molecular weight is 369 g/mol. The number of halogens is 3. The zero-order valence-corrected chi connectivity index (χ0v) is 13.5. The van der Waals surface area contributed by atoms with Crippen LogP contribution in [-0.2, 0) is 16.0 Å². The molecule has 0 bridgehead atoms. The fraction of sp³-hybridized carbons (Fsp3) is 0.143. The highest BCUT2D eigenvalue weighted by molar-refractivity contribution is 7.90. The van der Waals surface area contributed by atoms with Gasteiger partial charge in [-0.2, -0.15) is 17.9 Å². The van der Waals surface area contributed by atoms with Crippen LogP contribution in [0.15, 0.2) is 47.6 Å². The van der Waals surface area contributed by atoms with Gasteiger partial charge >= 0.3 is 6.18 Å². The molecule has 0 unspecified atom stereocenters. The summed E-state index contributed by atoms with van der Waals surface area (Å²) in [5.74, 6) is -1.68. The van der Waals surface area contributed by atoms with Crippen LogP contribution in [0.3, 0.4) is 0 Å². The molecule has 0 spiro atoms. The highest BCUT2D eigenvalue weighted by atomic mass is 32.2. The summed E-state index contributed by atoms with van der Waals surface area (Å²) in [6.07, 6.45) is -1.78. The zero-order valence-electron chi connectivity index (χ0n) is 12.6. The fourth-order valence-corrected chi connectivity index (χ4v) is 2.44. The van der Waals surface area contributed by atoms with Crippen LogP contribution in [0.5, 0.6) is 0 Å². The van der Waals surface area contributed by atoms with Crippen LogP contribution in [0.2, 0.25) is 0 Å². The van der Waals surface area contributed by atoms with Crippen LogP contribution >= 0.6 is 0 Å². The van der Waals surface area contributed by atoms with E-state index >= 15 is 0 Å². The summed E-state index contributed by atoms with van der Waals surface area (Å²) in [4.78, 5) is 11.0. The number of rotatable bonds is 3. The molecule has 3 aromatic rings. The number of aromatic nitrogens is 5. The van der Waals surface area contributed by atoms with Crippen molar-refractivity contribution in [3.05, 3.63) is 48.5 Å². The molecular formula is C14H10F3N5O2S. The van der Waals surface area contributed by atoms with Gasteiger partial charge in [0.15, 0.2) is 15.7 Å². The van der Waals surface area contributed by atoms with Gasteiger partial charge in [0.05, 0.1) is 12.4 Å². The fourth-order valence-electron chi connectivity index (χ4n) is 1.96. The van der Waals surface area contributed by atoms with Gasteiger partial charge in [-0.15, -0.1) is 5.10 Å². The molecule has 2 heterocycles. The zero-order chi connectivity index (χ0) is 18.2. The van der Waals surface area contributed by atoms with Gasteiger partial charge in [0.1, 0.15) is 4.90 Å². The second-order valence-corrected chi connectivity index (χ2v) is 7.04. The van der Waals surface area contributed by atoms with Gasteiger partial charge in [0.2, 0.25) is 0 Å². The predicted octanol–water partition coefficient (Wildman–Crippen LogP) is 2.15. The lowest BCUT2D eigenvalue weighted by Crippen LogP contribution is -2.10. The smallest absolute Gasteiger partial charge is 0.224 e. The van der Waals surface area contributed by atoms with Gasteiger partial charge in [-0.3, -0.25) is 0 Å². The third kappa shape index (κ3) is 3.50. The Labute approximate surface area is 140 Å². The van der Waals surface area contributed by atoms with Gasteiger partial charge in [0.25, 0.3) is 11.8 Å². The highest BCUT2D eigenvalue weighted by Crippen LogP contribution is 2.29. The first-order valence-electron chi connectivity index (χ1n) is 6.78. The number of alkyl halides is 3. The summed E-state index contributed by atoms with van der Waals surface area (Å²) in [6.45, 7) is 0. The molecule has 0 saturated carbocycles. The molecule has 0 amide bonds. The van der Waals surface area contributed by atoms with Crippen molar-refractivity contribution in [3.63, 3.8) is 0 Å². The minimum Gasteiger partial charge on any atom is -0.224 e. The Bertz CT molecular complexity index is 999. The normalized spacial score (nSPS) is 12.3. The number of nitrogens with zero attached hydrogens (tertiary/aromatic N) is 5. The second kappa shape index (κ2) is 5.92. The largest absolute Gasteiger partial charge is 0.453 e. The van der Waals surface area contributed by atoms with Crippen molar-refractivity contribution in [1.29, 1.82) is 0 Å². The third-order valence-corrected chi connectivity index (χ3v) is 4.19. The third-order valence-electron chi connectivity index (χ3n) is 3.12. The first kappa shape index (κ1) is 17.0. The summed E-state index contributed by atoms with van der Waals surface area (Å²) >= 11 is 0. The maximum absolute atomic E-state index is 13.0. The van der Waals surface area contributed by atoms with Crippen molar-refractivity contribution in [2.24, 2.45) is 0 Å². The summed E-state index contributed by atoms with van der Waals surface area (Å²) in [6, 6.07) is 8.09. The topological polar surface area (TPSA) is 90.6 Å². The lowest BCUT2D eigenvalue weighted by atomic mass is 10.2. The quantitative estimate of drug-likeness (QED) is 0.703. The molecule has 0 radical (unpaired) electrons. The van der Waals surface area contributed by atoms with Crippen LogP contribution in [0.4, 0.5) is 13.2 Å². The van der Waals surface area contributed by atoms with E-state index in [4.69, 9.17) is 0 Å². The molecule has 0 fully saturated rings. The molecule has 0 aliphatic carbocycles. The Morgan fingerprint density at radius 1 is 1.04 bits per heavy atom. The van der Waals surface area contributed by atoms with E-state index in [1.54, 1.807) is 30.3 Å². The Balaban J connectivity index is 2.16. The first-order chi connectivity index (χ1) is 11.7. The van der Waals surface area contributed by atoms with Gasteiger partial charge in [-0.1, -0.05) is 30.3 Å². The lowest BCUT2D eigenvalue weighted by molar-refractivity contribution is -0.144. The van der Waals surface area contributed by atoms with Crippen molar-refractivity contribution in [3.8, 4) is 17.3 Å². The molecule has 1 aromatic carbocycles. The van der Waals surface area contributed by atoms with E-state index in [0.717, 1.165) is 23.3 Å². The number of hydrogen-bond donors (Lipinski definition) is 0. The van der Waals surface area contributed by atoms with Crippen molar-refractivity contribution < 1.29 is 21.6 Å². The van der Waals surface area contributed by atoms with Crippen molar-refractivity contribution in [2.75, 3.05) is 6.26 Å². The SMILES string of the molecule is CS(=O)(=O)c1cnc(-n2nc(C(F)(F)F)nc2-c2ccccc2)nc1. The Hall–Kier alpha value is -2.82. The molecular weight excluding hydrogens is 359 g/mol. The average Bonchev–Trinajstić information content (AvgIpc) is 3.00. The van der Waals surface area contributed by atoms with E-state index < -0.39 is 21.8 Å². The van der Waals surface area contributed by atoms with Gasteiger partial charge < -0.3 is 0 Å². The Morgan fingerprint density at radius 3 is 2.16 bits per heavy atom. The molecule has 130 valence electrons. The Kier molecular flexibility index (Phi) is 4.03. The summed E-state index contributed by atoms with van der Waals surface area (Å²) in [7, 11) is -3.53. The maximum atomic E-state index is 13.0. The standard InChI is InChI=1S/C14H10F3N5O2S/c1-25(23,24)10-7-18-13(19-8-10)22-11(9-5-3-2-4-6-9)20-12(21-22)14(15,16)17/h2-8H,1H3. The van der Waals surface area contributed by atoms with E-state index in [-0.39, 0.29) is 16.7 Å². The highest BCUT2D eigenvalue weighted by Gasteiger charge is 2.37. The van der Waals surface area contributed by atoms with Crippen molar-refractivity contribution in [2.45, 2.75) is 11.1 Å². The second-order valence-electron chi connectivity index (χ2n) is 5.03. The molecule has 25 heavy (non-hydrogen) atoms.